The lowest BCUT2D eigenvalue weighted by molar-refractivity contribution is 0.0696. The molecule has 4 rings (SSSR count). The maximum atomic E-state index is 12.9. The second kappa shape index (κ2) is 8.14. The van der Waals surface area contributed by atoms with Crippen LogP contribution in [-0.2, 0) is 0 Å². The number of benzene rings is 1. The number of piperidine rings is 1. The third kappa shape index (κ3) is 3.72. The molecule has 0 atom stereocenters. The third-order valence-electron chi connectivity index (χ3n) is 5.04. The van der Waals surface area contributed by atoms with Crippen LogP contribution in [-0.4, -0.2) is 65.2 Å². The van der Waals surface area contributed by atoms with E-state index in [1.165, 1.54) is 0 Å². The van der Waals surface area contributed by atoms with Crippen molar-refractivity contribution in [3.63, 3.8) is 0 Å². The smallest absolute Gasteiger partial charge is 0.276 e. The highest BCUT2D eigenvalue weighted by Gasteiger charge is 2.27. The Morgan fingerprint density at radius 2 is 1.93 bits per heavy atom. The predicted octanol–water partition coefficient (Wildman–Crippen LogP) is 1.59. The molecular formula is C18H24ClN5O3. The molecule has 1 aromatic heterocycles. The molecule has 0 unspecified atom stereocenters. The van der Waals surface area contributed by atoms with Gasteiger partial charge in [-0.15, -0.1) is 17.5 Å². The van der Waals surface area contributed by atoms with Gasteiger partial charge in [0.25, 0.3) is 5.91 Å². The second-order valence-electron chi connectivity index (χ2n) is 6.66. The highest BCUT2D eigenvalue weighted by molar-refractivity contribution is 5.93. The van der Waals surface area contributed by atoms with Gasteiger partial charge in [-0.1, -0.05) is 5.21 Å². The van der Waals surface area contributed by atoms with E-state index in [0.717, 1.165) is 37.4 Å². The van der Waals surface area contributed by atoms with Crippen LogP contribution >= 0.6 is 12.4 Å². The average molecular weight is 394 g/mol. The number of ether oxygens (including phenoxy) is 2. The molecule has 1 amide bonds. The van der Waals surface area contributed by atoms with E-state index in [1.54, 1.807) is 9.58 Å². The minimum atomic E-state index is -0.0850. The number of amides is 1. The predicted molar refractivity (Wildman–Crippen MR) is 102 cm³/mol. The summed E-state index contributed by atoms with van der Waals surface area (Å²) in [6.07, 6.45) is 1.91. The summed E-state index contributed by atoms with van der Waals surface area (Å²) in [6.45, 7) is 4.81. The Balaban J connectivity index is 0.00000210. The van der Waals surface area contributed by atoms with Crippen molar-refractivity contribution in [2.45, 2.75) is 25.8 Å². The first kappa shape index (κ1) is 19.4. The summed E-state index contributed by atoms with van der Waals surface area (Å²) in [4.78, 5) is 14.7. The van der Waals surface area contributed by atoms with Crippen LogP contribution in [0.1, 0.15) is 29.0 Å². The number of halogens is 1. The van der Waals surface area contributed by atoms with Crippen molar-refractivity contribution in [3.8, 4) is 17.2 Å². The van der Waals surface area contributed by atoms with Crippen LogP contribution < -0.4 is 14.8 Å². The van der Waals surface area contributed by atoms with E-state index < -0.39 is 0 Å². The van der Waals surface area contributed by atoms with Gasteiger partial charge in [-0.3, -0.25) is 4.79 Å². The molecule has 1 saturated heterocycles. The number of hydrogen-bond acceptors (Lipinski definition) is 6. The summed E-state index contributed by atoms with van der Waals surface area (Å²) in [6, 6.07) is 5.84. The van der Waals surface area contributed by atoms with Crippen molar-refractivity contribution in [1.82, 2.24) is 25.2 Å². The molecule has 3 heterocycles. The van der Waals surface area contributed by atoms with E-state index in [9.17, 15) is 4.79 Å². The highest BCUT2D eigenvalue weighted by Crippen LogP contribution is 2.32. The maximum Gasteiger partial charge on any atom is 0.276 e. The van der Waals surface area contributed by atoms with E-state index in [-0.39, 0.29) is 24.4 Å². The van der Waals surface area contributed by atoms with Gasteiger partial charge >= 0.3 is 0 Å². The fourth-order valence-corrected chi connectivity index (χ4v) is 3.46. The lowest BCUT2D eigenvalue weighted by atomic mass is 10.0. The molecule has 0 aliphatic carbocycles. The number of carbonyl (C=O) groups excluding carboxylic acids is 1. The number of hydrogen-bond donors (Lipinski definition) is 1. The number of fused-ring (bicyclic) bond motifs is 1. The summed E-state index contributed by atoms with van der Waals surface area (Å²) in [7, 11) is 1.85. The minimum Gasteiger partial charge on any atom is -0.486 e. The molecule has 8 nitrogen and oxygen atoms in total. The molecule has 2 aliphatic rings. The number of nitrogens with one attached hydrogen (secondary N) is 1. The molecule has 0 bridgehead atoms. The summed E-state index contributed by atoms with van der Waals surface area (Å²) in [5.41, 5.74) is 1.90. The normalized spacial score (nSPS) is 16.5. The van der Waals surface area contributed by atoms with E-state index in [1.807, 2.05) is 32.2 Å². The first-order valence-corrected chi connectivity index (χ1v) is 8.95. The second-order valence-corrected chi connectivity index (χ2v) is 6.66. The van der Waals surface area contributed by atoms with Gasteiger partial charge in [0.05, 0.1) is 11.4 Å². The van der Waals surface area contributed by atoms with Gasteiger partial charge in [0.15, 0.2) is 17.2 Å². The first-order valence-electron chi connectivity index (χ1n) is 8.95. The Morgan fingerprint density at radius 3 is 2.67 bits per heavy atom. The Hall–Kier alpha value is -2.32. The van der Waals surface area contributed by atoms with Crippen LogP contribution in [0.25, 0.3) is 5.69 Å². The van der Waals surface area contributed by atoms with Crippen LogP contribution in [0.3, 0.4) is 0 Å². The number of nitrogens with zero attached hydrogens (tertiary/aromatic N) is 4. The van der Waals surface area contributed by atoms with Crippen molar-refractivity contribution in [2.75, 3.05) is 33.4 Å². The first-order chi connectivity index (χ1) is 12.6. The van der Waals surface area contributed by atoms with Crippen molar-refractivity contribution in [1.29, 1.82) is 0 Å². The minimum absolute atomic E-state index is 0. The molecular weight excluding hydrogens is 370 g/mol. The molecule has 0 saturated carbocycles. The summed E-state index contributed by atoms with van der Waals surface area (Å²) >= 11 is 0. The van der Waals surface area contributed by atoms with Crippen LogP contribution in [0.5, 0.6) is 11.5 Å². The molecule has 2 aliphatic heterocycles. The van der Waals surface area contributed by atoms with E-state index in [0.29, 0.717) is 30.4 Å². The van der Waals surface area contributed by atoms with Crippen molar-refractivity contribution >= 4 is 18.3 Å². The topological polar surface area (TPSA) is 81.5 Å². The quantitative estimate of drug-likeness (QED) is 0.852. The molecule has 0 spiro atoms. The van der Waals surface area contributed by atoms with Gasteiger partial charge < -0.3 is 19.7 Å². The Morgan fingerprint density at radius 1 is 1.22 bits per heavy atom. The van der Waals surface area contributed by atoms with Crippen molar-refractivity contribution < 1.29 is 14.3 Å². The number of rotatable bonds is 3. The lowest BCUT2D eigenvalue weighted by Crippen LogP contribution is -2.44. The van der Waals surface area contributed by atoms with Gasteiger partial charge in [0.2, 0.25) is 0 Å². The zero-order valence-electron chi connectivity index (χ0n) is 15.5. The van der Waals surface area contributed by atoms with Gasteiger partial charge in [-0.25, -0.2) is 4.68 Å². The molecule has 2 aromatic rings. The van der Waals surface area contributed by atoms with Crippen molar-refractivity contribution in [2.24, 2.45) is 0 Å². The largest absolute Gasteiger partial charge is 0.486 e. The molecule has 27 heavy (non-hydrogen) atoms. The van der Waals surface area contributed by atoms with Gasteiger partial charge in [-0.05, 0) is 45.0 Å². The van der Waals surface area contributed by atoms with E-state index in [2.05, 4.69) is 15.6 Å². The summed E-state index contributed by atoms with van der Waals surface area (Å²) in [5, 5.41) is 11.7. The zero-order chi connectivity index (χ0) is 18.1. The van der Waals surface area contributed by atoms with Crippen LogP contribution in [0, 0.1) is 6.92 Å². The summed E-state index contributed by atoms with van der Waals surface area (Å²) in [5.74, 6) is 1.32. The van der Waals surface area contributed by atoms with Crippen LogP contribution in [0.2, 0.25) is 0 Å². The van der Waals surface area contributed by atoms with Gasteiger partial charge in [0, 0.05) is 19.2 Å². The standard InChI is InChI=1S/C18H23N5O3.ClH/c1-12-17(18(24)22(2)13-5-7-19-8-6-13)20-21-23(12)14-3-4-15-16(11-14)26-10-9-25-15;/h3-4,11,13,19H,5-10H2,1-2H3;1H. The average Bonchev–Trinajstić information content (AvgIpc) is 3.08. The van der Waals surface area contributed by atoms with Crippen LogP contribution in [0.4, 0.5) is 0 Å². The monoisotopic (exact) mass is 393 g/mol. The molecule has 9 heteroatoms. The van der Waals surface area contributed by atoms with Crippen LogP contribution in [0.15, 0.2) is 18.2 Å². The zero-order valence-corrected chi connectivity index (χ0v) is 16.3. The number of aromatic nitrogens is 3. The fourth-order valence-electron chi connectivity index (χ4n) is 3.46. The molecule has 1 aromatic carbocycles. The SMILES string of the molecule is Cc1c(C(=O)N(C)C2CCNCC2)nnn1-c1ccc2c(c1)OCCO2.Cl. The molecule has 1 N–H and O–H groups in total. The Bertz CT molecular complexity index is 819. The maximum absolute atomic E-state index is 12.9. The molecule has 1 fully saturated rings. The van der Waals surface area contributed by atoms with Gasteiger partial charge in [-0.2, -0.15) is 0 Å². The van der Waals surface area contributed by atoms with Gasteiger partial charge in [0.1, 0.15) is 13.2 Å². The number of carbonyl (C=O) groups is 1. The van der Waals surface area contributed by atoms with E-state index >= 15 is 0 Å². The van der Waals surface area contributed by atoms with E-state index in [4.69, 9.17) is 9.47 Å². The Labute approximate surface area is 164 Å². The third-order valence-corrected chi connectivity index (χ3v) is 5.04. The lowest BCUT2D eigenvalue weighted by Gasteiger charge is -2.31. The van der Waals surface area contributed by atoms with Crippen molar-refractivity contribution in [3.05, 3.63) is 29.6 Å². The highest BCUT2D eigenvalue weighted by atomic mass is 35.5. The summed E-state index contributed by atoms with van der Waals surface area (Å²) < 4.78 is 12.8. The fraction of sp³-hybridized carbons (Fsp3) is 0.500. The Kier molecular flexibility index (Phi) is 5.86. The molecule has 146 valence electrons. The molecule has 0 radical (unpaired) electrons.